The molecule has 3 atom stereocenters. The lowest BCUT2D eigenvalue weighted by Crippen LogP contribution is -2.70. The number of alkyl halides is 3. The summed E-state index contributed by atoms with van der Waals surface area (Å²) >= 11 is 0. The number of urea groups is 1. The first-order chi connectivity index (χ1) is 15.6. The standard InChI is InChI=1S/C21H22F3N7O2/c1-11-6-14-9-20(8-11,18-28-27-12(2)33-18)31(14)19(32)26-13-4-5-16(21(22,23)24)15(7-13)17-10-25-30(3)29-17/h4-5,7,10-11,14H,6,8-9H2,1-3H3,(H,26,32). The minimum atomic E-state index is -4.58. The highest BCUT2D eigenvalue weighted by Crippen LogP contribution is 2.55. The van der Waals surface area contributed by atoms with Crippen LogP contribution < -0.4 is 5.32 Å². The number of anilines is 1. The molecular weight excluding hydrogens is 439 g/mol. The van der Waals surface area contributed by atoms with Crippen molar-refractivity contribution in [3.63, 3.8) is 0 Å². The van der Waals surface area contributed by atoms with Gasteiger partial charge in [-0.25, -0.2) is 4.79 Å². The van der Waals surface area contributed by atoms with Gasteiger partial charge in [0, 0.05) is 37.7 Å². The molecule has 0 spiro atoms. The van der Waals surface area contributed by atoms with E-state index >= 15 is 0 Å². The normalized spacial score (nSPS) is 24.5. The summed E-state index contributed by atoms with van der Waals surface area (Å²) in [7, 11) is 1.52. The molecule has 33 heavy (non-hydrogen) atoms. The van der Waals surface area contributed by atoms with Gasteiger partial charge in [0.1, 0.15) is 11.2 Å². The van der Waals surface area contributed by atoms with E-state index in [9.17, 15) is 18.0 Å². The number of hydrogen-bond acceptors (Lipinski definition) is 6. The van der Waals surface area contributed by atoms with Crippen molar-refractivity contribution in [2.75, 3.05) is 5.32 Å². The van der Waals surface area contributed by atoms with Gasteiger partial charge in [0.05, 0.1) is 11.8 Å². The molecule has 12 heteroatoms. The number of benzene rings is 1. The second-order valence-corrected chi connectivity index (χ2v) is 8.84. The predicted molar refractivity (Wildman–Crippen MR) is 110 cm³/mol. The van der Waals surface area contributed by atoms with Crippen LogP contribution in [0.3, 0.4) is 0 Å². The fraction of sp³-hybridized carbons (Fsp3) is 0.476. The molecule has 2 amide bonds. The number of aromatic nitrogens is 5. The Bertz CT molecular complexity index is 1220. The zero-order chi connectivity index (χ0) is 23.5. The van der Waals surface area contributed by atoms with Gasteiger partial charge in [-0.2, -0.15) is 28.2 Å². The first-order valence-corrected chi connectivity index (χ1v) is 10.6. The smallest absolute Gasteiger partial charge is 0.417 e. The lowest BCUT2D eigenvalue weighted by molar-refractivity contribution is -0.137. The molecule has 2 fully saturated rings. The Morgan fingerprint density at radius 3 is 2.70 bits per heavy atom. The van der Waals surface area contributed by atoms with Gasteiger partial charge in [0.15, 0.2) is 0 Å². The number of halogens is 3. The number of amides is 2. The second-order valence-electron chi connectivity index (χ2n) is 8.84. The summed E-state index contributed by atoms with van der Waals surface area (Å²) in [6, 6.07) is 3.03. The largest absolute Gasteiger partial charge is 0.423 e. The molecule has 3 aromatic rings. The third-order valence-corrected chi connectivity index (χ3v) is 6.35. The number of carbonyl (C=O) groups is 1. The molecule has 5 rings (SSSR count). The van der Waals surface area contributed by atoms with Gasteiger partial charge in [0.2, 0.25) is 11.8 Å². The molecule has 2 bridgehead atoms. The van der Waals surface area contributed by atoms with E-state index in [4.69, 9.17) is 4.42 Å². The topological polar surface area (TPSA) is 102 Å². The third-order valence-electron chi connectivity index (χ3n) is 6.35. The van der Waals surface area contributed by atoms with Crippen LogP contribution in [0.5, 0.6) is 0 Å². The first-order valence-electron chi connectivity index (χ1n) is 10.6. The van der Waals surface area contributed by atoms with Crippen LogP contribution in [0.25, 0.3) is 11.3 Å². The quantitative estimate of drug-likeness (QED) is 0.630. The summed E-state index contributed by atoms with van der Waals surface area (Å²) < 4.78 is 46.4. The van der Waals surface area contributed by atoms with Gasteiger partial charge < -0.3 is 14.6 Å². The fourth-order valence-electron chi connectivity index (χ4n) is 5.17. The number of nitrogens with zero attached hydrogens (tertiary/aromatic N) is 6. The molecular formula is C21H22F3N7O2. The SMILES string of the molecule is Cc1nnc(C23CC(C)CC(C2)N3C(=O)Nc2ccc(C(F)(F)F)c(-c3cnn(C)n3)c2)o1. The van der Waals surface area contributed by atoms with Crippen LogP contribution in [0.1, 0.15) is 43.5 Å². The molecule has 9 nitrogen and oxygen atoms in total. The molecule has 3 heterocycles. The lowest BCUT2D eigenvalue weighted by Gasteiger charge is -2.61. The summed E-state index contributed by atoms with van der Waals surface area (Å²) in [5.74, 6) is 1.18. The van der Waals surface area contributed by atoms with Crippen LogP contribution in [0.15, 0.2) is 28.8 Å². The van der Waals surface area contributed by atoms with E-state index in [2.05, 4.69) is 32.6 Å². The highest BCUT2D eigenvalue weighted by Gasteiger charge is 2.62. The molecule has 1 aromatic carbocycles. The average molecular weight is 461 g/mol. The third kappa shape index (κ3) is 3.53. The number of fused-ring (bicyclic) bond motifs is 2. The molecule has 2 aliphatic rings. The van der Waals surface area contributed by atoms with Crippen molar-refractivity contribution in [2.24, 2.45) is 13.0 Å². The molecule has 1 aliphatic heterocycles. The fourth-order valence-corrected chi connectivity index (χ4v) is 5.17. The van der Waals surface area contributed by atoms with Gasteiger partial charge in [-0.05, 0) is 37.0 Å². The van der Waals surface area contributed by atoms with Gasteiger partial charge in [-0.1, -0.05) is 6.92 Å². The monoisotopic (exact) mass is 461 g/mol. The minimum absolute atomic E-state index is 0.00475. The predicted octanol–water partition coefficient (Wildman–Crippen LogP) is 4.12. The highest BCUT2D eigenvalue weighted by atomic mass is 19.4. The van der Waals surface area contributed by atoms with Crippen molar-refractivity contribution in [1.82, 2.24) is 30.1 Å². The Hall–Kier alpha value is -3.44. The van der Waals surface area contributed by atoms with Crippen LogP contribution >= 0.6 is 0 Å². The Morgan fingerprint density at radius 2 is 2.06 bits per heavy atom. The maximum atomic E-state index is 13.6. The van der Waals surface area contributed by atoms with E-state index in [1.807, 2.05) is 0 Å². The van der Waals surface area contributed by atoms with Crippen LogP contribution in [0, 0.1) is 12.8 Å². The molecule has 1 N–H and O–H groups in total. The molecule has 0 radical (unpaired) electrons. The summed E-state index contributed by atoms with van der Waals surface area (Å²) in [6.07, 6.45) is -1.11. The molecule has 1 saturated heterocycles. The van der Waals surface area contributed by atoms with Crippen LogP contribution in [-0.2, 0) is 18.8 Å². The minimum Gasteiger partial charge on any atom is -0.423 e. The van der Waals surface area contributed by atoms with E-state index in [-0.39, 0.29) is 23.0 Å². The zero-order valence-electron chi connectivity index (χ0n) is 18.2. The maximum absolute atomic E-state index is 13.6. The average Bonchev–Trinajstić information content (AvgIpc) is 3.35. The molecule has 1 aliphatic carbocycles. The van der Waals surface area contributed by atoms with Crippen LogP contribution in [-0.4, -0.2) is 42.2 Å². The Labute approximate surface area is 187 Å². The molecule has 2 aromatic heterocycles. The number of aryl methyl sites for hydroxylation is 2. The highest BCUT2D eigenvalue weighted by molar-refractivity contribution is 5.92. The molecule has 3 unspecified atom stereocenters. The van der Waals surface area contributed by atoms with E-state index in [0.29, 0.717) is 30.5 Å². The zero-order valence-corrected chi connectivity index (χ0v) is 18.2. The van der Waals surface area contributed by atoms with Crippen molar-refractivity contribution in [3.05, 3.63) is 41.7 Å². The van der Waals surface area contributed by atoms with Gasteiger partial charge >= 0.3 is 12.2 Å². The first kappa shape index (κ1) is 21.4. The second kappa shape index (κ2) is 7.29. The van der Waals surface area contributed by atoms with Gasteiger partial charge in [0.25, 0.3) is 0 Å². The van der Waals surface area contributed by atoms with Crippen molar-refractivity contribution in [2.45, 2.75) is 50.9 Å². The number of rotatable bonds is 3. The van der Waals surface area contributed by atoms with Crippen LogP contribution in [0.2, 0.25) is 0 Å². The van der Waals surface area contributed by atoms with Crippen molar-refractivity contribution < 1.29 is 22.4 Å². The summed E-state index contributed by atoms with van der Waals surface area (Å²) in [5.41, 5.74) is -1.42. The van der Waals surface area contributed by atoms with Gasteiger partial charge in [-0.3, -0.25) is 0 Å². The number of piperidine rings is 1. The maximum Gasteiger partial charge on any atom is 0.417 e. The van der Waals surface area contributed by atoms with E-state index < -0.39 is 23.3 Å². The lowest BCUT2D eigenvalue weighted by atomic mass is 9.64. The molecule has 1 saturated carbocycles. The number of nitrogens with one attached hydrogen (secondary N) is 1. The van der Waals surface area contributed by atoms with E-state index in [0.717, 1.165) is 12.5 Å². The summed E-state index contributed by atoms with van der Waals surface area (Å²) in [4.78, 5) is 16.2. The number of likely N-dealkylation sites (tertiary alicyclic amines) is 1. The van der Waals surface area contributed by atoms with E-state index in [1.165, 1.54) is 30.2 Å². The Morgan fingerprint density at radius 1 is 1.27 bits per heavy atom. The van der Waals surface area contributed by atoms with Crippen molar-refractivity contribution in [3.8, 4) is 11.3 Å². The summed E-state index contributed by atoms with van der Waals surface area (Å²) in [6.45, 7) is 3.80. The Kier molecular flexibility index (Phi) is 4.73. The van der Waals surface area contributed by atoms with Crippen molar-refractivity contribution in [1.29, 1.82) is 0 Å². The van der Waals surface area contributed by atoms with E-state index in [1.54, 1.807) is 11.8 Å². The Balaban J connectivity index is 1.46. The molecule has 174 valence electrons. The number of hydrogen-bond donors (Lipinski definition) is 1. The van der Waals surface area contributed by atoms with Crippen molar-refractivity contribution >= 4 is 11.7 Å². The summed E-state index contributed by atoms with van der Waals surface area (Å²) in [5, 5.41) is 18.7. The number of carbonyl (C=O) groups excluding carboxylic acids is 1. The van der Waals surface area contributed by atoms with Crippen LogP contribution in [0.4, 0.5) is 23.7 Å². The van der Waals surface area contributed by atoms with Gasteiger partial charge in [-0.15, -0.1) is 10.2 Å².